The summed E-state index contributed by atoms with van der Waals surface area (Å²) in [6.07, 6.45) is 7.67. The average molecular weight is 862 g/mol. The number of piperidine rings is 1. The number of anilines is 5. The molecule has 0 radical (unpaired) electrons. The van der Waals surface area contributed by atoms with Crippen LogP contribution in [0.5, 0.6) is 5.75 Å². The number of fused-ring (bicyclic) bond motifs is 2. The minimum Gasteiger partial charge on any atom is -0.495 e. The number of rotatable bonds is 15. The molecule has 2 aromatic carbocycles. The van der Waals surface area contributed by atoms with Gasteiger partial charge < -0.3 is 30.5 Å². The van der Waals surface area contributed by atoms with Crippen LogP contribution < -0.4 is 35.8 Å². The van der Waals surface area contributed by atoms with E-state index >= 15 is 4.39 Å². The van der Waals surface area contributed by atoms with Gasteiger partial charge in [-0.15, -0.1) is 0 Å². The highest BCUT2D eigenvalue weighted by Gasteiger charge is 2.49. The second-order valence-electron chi connectivity index (χ2n) is 15.7. The van der Waals surface area contributed by atoms with E-state index in [9.17, 15) is 42.3 Å². The van der Waals surface area contributed by atoms with Crippen LogP contribution in [0.1, 0.15) is 108 Å². The van der Waals surface area contributed by atoms with Gasteiger partial charge in [0.05, 0.1) is 47.9 Å². The lowest BCUT2D eigenvalue weighted by Crippen LogP contribution is -2.54. The van der Waals surface area contributed by atoms with Gasteiger partial charge in [-0.05, 0) is 50.3 Å². The largest absolute Gasteiger partial charge is 0.495 e. The van der Waals surface area contributed by atoms with E-state index in [2.05, 4.69) is 31.2 Å². The number of methoxy groups -OCH3 is 1. The van der Waals surface area contributed by atoms with Crippen LogP contribution in [0.4, 0.5) is 42.0 Å². The number of hydrogen-bond donors (Lipinski definition) is 4. The molecule has 4 heterocycles. The molecular weight excluding hydrogens is 816 g/mol. The number of amides is 7. The number of alkyl halides is 2. The second kappa shape index (κ2) is 18.2. The molecule has 3 aliphatic heterocycles. The van der Waals surface area contributed by atoms with Gasteiger partial charge in [-0.2, -0.15) is 13.8 Å². The number of halogens is 3. The number of aromatic nitrogens is 2. The van der Waals surface area contributed by atoms with Crippen LogP contribution in [0, 0.1) is 5.82 Å². The molecule has 1 aromatic heterocycles. The zero-order valence-electron chi connectivity index (χ0n) is 34.2. The van der Waals surface area contributed by atoms with Gasteiger partial charge in [0.25, 0.3) is 23.6 Å². The van der Waals surface area contributed by atoms with E-state index in [-0.39, 0.29) is 89.0 Å². The van der Waals surface area contributed by atoms with Crippen molar-refractivity contribution in [2.75, 3.05) is 47.7 Å². The topological polar surface area (TPSA) is 212 Å². The van der Waals surface area contributed by atoms with Gasteiger partial charge in [0.1, 0.15) is 23.3 Å². The van der Waals surface area contributed by atoms with Crippen LogP contribution in [0.25, 0.3) is 0 Å². The summed E-state index contributed by atoms with van der Waals surface area (Å²) in [6, 6.07) is 5.39. The average Bonchev–Trinajstić information content (AvgIpc) is 3.85. The maximum atomic E-state index is 15.4. The summed E-state index contributed by atoms with van der Waals surface area (Å²) in [6.45, 7) is -0.588. The molecule has 7 amide bonds. The summed E-state index contributed by atoms with van der Waals surface area (Å²) in [5.74, 6) is -9.31. The summed E-state index contributed by atoms with van der Waals surface area (Å²) in [7, 11) is 2.58. The van der Waals surface area contributed by atoms with Crippen molar-refractivity contribution in [2.45, 2.75) is 95.1 Å². The number of carbonyl (C=O) groups excluding carboxylic acids is 7. The van der Waals surface area contributed by atoms with Crippen molar-refractivity contribution >= 4 is 70.2 Å². The number of carbonyl (C=O) groups is 7. The highest BCUT2D eigenvalue weighted by Crippen LogP contribution is 2.40. The third-order valence-corrected chi connectivity index (χ3v) is 11.5. The molecule has 1 aliphatic carbocycles. The van der Waals surface area contributed by atoms with E-state index in [0.29, 0.717) is 38.5 Å². The van der Waals surface area contributed by atoms with Crippen molar-refractivity contribution in [2.24, 2.45) is 0 Å². The van der Waals surface area contributed by atoms with Crippen LogP contribution in [0.2, 0.25) is 0 Å². The molecule has 7 rings (SSSR count). The normalized spacial score (nSPS) is 18.6. The summed E-state index contributed by atoms with van der Waals surface area (Å²) in [5, 5.41) is 10.4. The van der Waals surface area contributed by atoms with Gasteiger partial charge in [0, 0.05) is 38.5 Å². The number of nitrogens with one attached hydrogen (secondary N) is 4. The monoisotopic (exact) mass is 861 g/mol. The lowest BCUT2D eigenvalue weighted by Gasteiger charge is -2.31. The molecular formula is C42H46F3N9O8. The zero-order valence-corrected chi connectivity index (χ0v) is 34.2. The molecule has 1 saturated heterocycles. The third-order valence-electron chi connectivity index (χ3n) is 11.5. The van der Waals surface area contributed by atoms with Gasteiger partial charge >= 0.3 is 5.92 Å². The van der Waals surface area contributed by atoms with Gasteiger partial charge in [0.15, 0.2) is 5.82 Å². The first-order valence-corrected chi connectivity index (χ1v) is 20.6. The SMILES string of the molecule is COc1cc(C(=O)NCCCCCCCC(=O)Nc2cccc3c2C(=O)N(C2CCC(=O)NC2=O)C3=O)c(F)cc1Nc1ncc2c(n1)N(C1CCCC1)CC(F)(F)C(=O)N2C. The fraction of sp³-hybridized carbons (Fsp3) is 0.452. The molecule has 1 atom stereocenters. The molecule has 1 saturated carbocycles. The Bertz CT molecular complexity index is 2320. The lowest BCUT2D eigenvalue weighted by molar-refractivity contribution is -0.140. The van der Waals surface area contributed by atoms with Crippen molar-refractivity contribution < 1.29 is 51.5 Å². The molecule has 4 aliphatic rings. The van der Waals surface area contributed by atoms with Crippen molar-refractivity contribution in [3.63, 3.8) is 0 Å². The molecule has 17 nitrogen and oxygen atoms in total. The molecule has 0 bridgehead atoms. The molecule has 20 heteroatoms. The van der Waals surface area contributed by atoms with Crippen LogP contribution in [-0.2, 0) is 19.2 Å². The van der Waals surface area contributed by atoms with Gasteiger partial charge in [-0.3, -0.25) is 43.8 Å². The van der Waals surface area contributed by atoms with Crippen molar-refractivity contribution in [1.82, 2.24) is 25.5 Å². The van der Waals surface area contributed by atoms with Crippen LogP contribution in [0.3, 0.4) is 0 Å². The lowest BCUT2D eigenvalue weighted by atomic mass is 10.0. The Morgan fingerprint density at radius 2 is 1.71 bits per heavy atom. The Morgan fingerprint density at radius 1 is 0.968 bits per heavy atom. The van der Waals surface area contributed by atoms with Crippen molar-refractivity contribution in [3.05, 3.63) is 59.0 Å². The van der Waals surface area contributed by atoms with Crippen molar-refractivity contribution in [3.8, 4) is 5.75 Å². The first kappa shape index (κ1) is 43.5. The summed E-state index contributed by atoms with van der Waals surface area (Å²) < 4.78 is 50.8. The van der Waals surface area contributed by atoms with Crippen LogP contribution in [-0.4, -0.2) is 101 Å². The maximum absolute atomic E-state index is 15.4. The number of hydrogen-bond acceptors (Lipinski definition) is 12. The maximum Gasteiger partial charge on any atom is 0.342 e. The molecule has 62 heavy (non-hydrogen) atoms. The quantitative estimate of drug-likeness (QED) is 0.120. The second-order valence-corrected chi connectivity index (χ2v) is 15.7. The van der Waals surface area contributed by atoms with Crippen molar-refractivity contribution in [1.29, 1.82) is 0 Å². The van der Waals surface area contributed by atoms with Crippen LogP contribution >= 0.6 is 0 Å². The Labute approximate surface area is 354 Å². The minimum atomic E-state index is -3.65. The molecule has 1 unspecified atom stereocenters. The van der Waals surface area contributed by atoms with E-state index in [1.807, 2.05) is 0 Å². The predicted molar refractivity (Wildman–Crippen MR) is 218 cm³/mol. The number of imide groups is 2. The van der Waals surface area contributed by atoms with Crippen LogP contribution in [0.15, 0.2) is 36.5 Å². The number of ether oxygens (including phenoxy) is 1. The molecule has 2 fully saturated rings. The smallest absolute Gasteiger partial charge is 0.342 e. The Morgan fingerprint density at radius 3 is 2.45 bits per heavy atom. The molecule has 3 aromatic rings. The van der Waals surface area contributed by atoms with E-state index < -0.39 is 59.8 Å². The third kappa shape index (κ3) is 8.89. The minimum absolute atomic E-state index is 0.00303. The number of unbranched alkanes of at least 4 members (excludes halogenated alkanes) is 4. The summed E-state index contributed by atoms with van der Waals surface area (Å²) >= 11 is 0. The standard InChI is InChI=1S/C42H46F3N9O8/c1-52-30-21-47-41(51-35(30)53(23-11-7-8-12-23)22-42(44,45)40(52)61)49-28-20-26(43)25(19-31(28)62-2)36(57)46-18-9-5-3-4-6-15-32(55)48-27-14-10-13-24-34(27)39(60)54(38(24)59)29-16-17-33(56)50-37(29)58/h10,13-14,19-21,23,29H,3-9,11-12,15-18,22H2,1-2H3,(H,46,57)(H,48,55)(H,47,49,51)(H,50,56,58). The molecule has 0 spiro atoms. The fourth-order valence-electron chi connectivity index (χ4n) is 8.29. The molecule has 328 valence electrons. The summed E-state index contributed by atoms with van der Waals surface area (Å²) in [5.41, 5.74) is 0.149. The highest BCUT2D eigenvalue weighted by atomic mass is 19.3. The van der Waals surface area contributed by atoms with Gasteiger partial charge in [-0.1, -0.05) is 38.2 Å². The first-order valence-electron chi connectivity index (χ1n) is 20.6. The predicted octanol–water partition coefficient (Wildman–Crippen LogP) is 4.84. The van der Waals surface area contributed by atoms with Gasteiger partial charge in [-0.25, -0.2) is 9.37 Å². The Hall–Kier alpha value is -6.60. The van der Waals surface area contributed by atoms with E-state index in [1.165, 1.54) is 49.5 Å². The van der Waals surface area contributed by atoms with E-state index in [1.54, 1.807) is 0 Å². The number of nitrogens with zero attached hydrogens (tertiary/aromatic N) is 5. The molecule has 4 N–H and O–H groups in total. The highest BCUT2D eigenvalue weighted by molar-refractivity contribution is 6.26. The van der Waals surface area contributed by atoms with E-state index in [0.717, 1.165) is 35.1 Å². The van der Waals surface area contributed by atoms with Gasteiger partial charge in [0.2, 0.25) is 23.7 Å². The fourth-order valence-corrected chi connectivity index (χ4v) is 8.29. The number of benzene rings is 2. The Balaban J connectivity index is 0.870. The zero-order chi connectivity index (χ0) is 44.3. The summed E-state index contributed by atoms with van der Waals surface area (Å²) in [4.78, 5) is 101. The Kier molecular flexibility index (Phi) is 12.7. The first-order chi connectivity index (χ1) is 29.7. The van der Waals surface area contributed by atoms with E-state index in [4.69, 9.17) is 4.74 Å².